The average Bonchev–Trinajstić information content (AvgIpc) is 3.23. The fourth-order valence-corrected chi connectivity index (χ4v) is 5.97. The highest BCUT2D eigenvalue weighted by atomic mass is 16.6. The maximum atomic E-state index is 13.4. The van der Waals surface area contributed by atoms with Crippen molar-refractivity contribution in [3.05, 3.63) is 0 Å². The van der Waals surface area contributed by atoms with E-state index in [-0.39, 0.29) is 6.42 Å². The van der Waals surface area contributed by atoms with Gasteiger partial charge in [-0.25, -0.2) is 0 Å². The number of ether oxygens (including phenoxy) is 9. The molecule has 0 aliphatic rings. The molecule has 0 bridgehead atoms. The Labute approximate surface area is 347 Å². The third-order valence-corrected chi connectivity index (χ3v) is 10.4. The smallest absolute Gasteiger partial charge is 0.319 e. The minimum Gasteiger partial charge on any atom is -0.469 e. The highest BCUT2D eigenvalue weighted by Crippen LogP contribution is 2.36. The topological polar surface area (TPSA) is 288 Å². The summed E-state index contributed by atoms with van der Waals surface area (Å²) in [5.74, 6) is -11.7. The van der Waals surface area contributed by atoms with E-state index in [0.29, 0.717) is 0 Å². The van der Waals surface area contributed by atoms with E-state index >= 15 is 0 Å². The Bertz CT molecular complexity index is 1550. The Morgan fingerprint density at radius 2 is 0.633 bits per heavy atom. The number of ketones is 3. The summed E-state index contributed by atoms with van der Waals surface area (Å²) in [6.45, 7) is 2.56. The van der Waals surface area contributed by atoms with Crippen LogP contribution in [0.25, 0.3) is 0 Å². The monoisotopic (exact) mass is 860 g/mol. The number of methoxy groups -OCH3 is 6. The first kappa shape index (κ1) is 54.2. The van der Waals surface area contributed by atoms with Crippen molar-refractivity contribution < 1.29 is 100 Å². The highest BCUT2D eigenvalue weighted by Gasteiger charge is 2.50. The summed E-state index contributed by atoms with van der Waals surface area (Å²) in [7, 11) is 6.07. The molecule has 0 aromatic rings. The van der Waals surface area contributed by atoms with Gasteiger partial charge in [-0.1, -0.05) is 6.92 Å². The first-order valence-corrected chi connectivity index (χ1v) is 18.5. The molecule has 0 aromatic heterocycles. The molecule has 3 atom stereocenters. The van der Waals surface area contributed by atoms with Crippen molar-refractivity contribution in [2.75, 3.05) is 62.5 Å². The van der Waals surface area contributed by atoms with E-state index in [2.05, 4.69) is 14.2 Å². The maximum absolute atomic E-state index is 13.4. The van der Waals surface area contributed by atoms with Gasteiger partial charge in [-0.05, 0) is 46.5 Å². The van der Waals surface area contributed by atoms with Crippen molar-refractivity contribution in [3.63, 3.8) is 0 Å². The zero-order chi connectivity index (χ0) is 46.5. The van der Waals surface area contributed by atoms with Crippen LogP contribution in [0.5, 0.6) is 0 Å². The molecular formula is C39H56O21. The molecule has 0 aliphatic carbocycles. The Morgan fingerprint density at radius 1 is 0.367 bits per heavy atom. The van der Waals surface area contributed by atoms with Gasteiger partial charge in [-0.15, -0.1) is 0 Å². The Balaban J connectivity index is 6.68. The minimum atomic E-state index is -2.17. The second kappa shape index (κ2) is 25.0. The Morgan fingerprint density at radius 3 is 0.883 bits per heavy atom. The lowest BCUT2D eigenvalue weighted by Crippen LogP contribution is -2.44. The first-order valence-electron chi connectivity index (χ1n) is 18.5. The van der Waals surface area contributed by atoms with Gasteiger partial charge in [0.15, 0.2) is 0 Å². The van der Waals surface area contributed by atoms with Crippen molar-refractivity contribution in [2.45, 2.75) is 91.9 Å². The van der Waals surface area contributed by atoms with Crippen LogP contribution in [0.2, 0.25) is 0 Å². The van der Waals surface area contributed by atoms with Gasteiger partial charge in [0.05, 0.1) is 67.3 Å². The number of hydrogen-bond acceptors (Lipinski definition) is 21. The van der Waals surface area contributed by atoms with Crippen LogP contribution in [0.4, 0.5) is 0 Å². The van der Waals surface area contributed by atoms with Crippen molar-refractivity contribution in [1.82, 2.24) is 0 Å². The summed E-state index contributed by atoms with van der Waals surface area (Å²) in [5.41, 5.74) is -7.99. The number of rotatable bonds is 28. The van der Waals surface area contributed by atoms with Gasteiger partial charge >= 0.3 is 53.7 Å². The van der Waals surface area contributed by atoms with Crippen LogP contribution in [-0.4, -0.2) is 134 Å². The van der Waals surface area contributed by atoms with Crippen LogP contribution in [-0.2, 0) is 100 Å². The van der Waals surface area contributed by atoms with Crippen LogP contribution in [0.1, 0.15) is 91.9 Å². The van der Waals surface area contributed by atoms with Crippen LogP contribution >= 0.6 is 0 Å². The van der Waals surface area contributed by atoms with E-state index in [1.165, 1.54) is 6.92 Å². The lowest BCUT2D eigenvalue weighted by atomic mass is 9.76. The molecule has 0 fully saturated rings. The van der Waals surface area contributed by atoms with E-state index in [0.717, 1.165) is 63.4 Å². The Hall–Kier alpha value is -5.76. The van der Waals surface area contributed by atoms with E-state index in [9.17, 15) is 57.5 Å². The second-order valence-electron chi connectivity index (χ2n) is 14.0. The molecule has 0 heterocycles. The standard InChI is InChI=1S/C39H56O21/c1-11-36(21-58-28(44)13-16-37(24(2)40,33(49)55-8)18-30(46)53-6,22-59-29(45)14-17-38(25(3)41,34(50)56-9)19-31(47)54-7)23-60-32(48)20-39(26(4)42,35(51)57-10)15-12-27(43)52-5/h11-23H2,1-10H3. The largest absolute Gasteiger partial charge is 0.469 e. The fraction of sp³-hybridized carbons (Fsp3) is 0.692. The van der Waals surface area contributed by atoms with E-state index < -0.39 is 170 Å². The van der Waals surface area contributed by atoms with Gasteiger partial charge < -0.3 is 42.6 Å². The molecule has 60 heavy (non-hydrogen) atoms. The van der Waals surface area contributed by atoms with Gasteiger partial charge in [-0.2, -0.15) is 0 Å². The normalized spacial score (nSPS) is 14.7. The fourth-order valence-electron chi connectivity index (χ4n) is 5.97. The number of Topliss-reactive ketones (excluding diaryl/α,β-unsaturated/α-hetero) is 3. The summed E-state index contributed by atoms with van der Waals surface area (Å²) < 4.78 is 44.5. The number of carbonyl (C=O) groups is 12. The van der Waals surface area contributed by atoms with Crippen molar-refractivity contribution in [2.24, 2.45) is 21.7 Å². The number of carbonyl (C=O) groups excluding carboxylic acids is 12. The zero-order valence-electron chi connectivity index (χ0n) is 35.8. The third kappa shape index (κ3) is 14.8. The van der Waals surface area contributed by atoms with Crippen LogP contribution < -0.4 is 0 Å². The molecule has 0 saturated carbocycles. The third-order valence-electron chi connectivity index (χ3n) is 10.4. The Kier molecular flexibility index (Phi) is 22.6. The zero-order valence-corrected chi connectivity index (χ0v) is 35.8. The molecule has 0 aliphatic heterocycles. The maximum Gasteiger partial charge on any atom is 0.319 e. The highest BCUT2D eigenvalue weighted by molar-refractivity contribution is 6.07. The molecular weight excluding hydrogens is 804 g/mol. The summed E-state index contributed by atoms with van der Waals surface area (Å²) in [4.78, 5) is 152. The first-order chi connectivity index (χ1) is 28.0. The molecule has 0 spiro atoms. The molecule has 0 N–H and O–H groups in total. The summed E-state index contributed by atoms with van der Waals surface area (Å²) in [6, 6.07) is 0. The van der Waals surface area contributed by atoms with E-state index in [1.54, 1.807) is 0 Å². The number of esters is 9. The van der Waals surface area contributed by atoms with Crippen molar-refractivity contribution >= 4 is 71.1 Å². The molecule has 0 saturated heterocycles. The quantitative estimate of drug-likeness (QED) is 0.0608. The van der Waals surface area contributed by atoms with Gasteiger partial charge in [0.2, 0.25) is 0 Å². The predicted molar refractivity (Wildman–Crippen MR) is 199 cm³/mol. The predicted octanol–water partition coefficient (Wildman–Crippen LogP) is 1.29. The molecule has 21 heteroatoms. The van der Waals surface area contributed by atoms with Crippen LogP contribution in [0.3, 0.4) is 0 Å². The van der Waals surface area contributed by atoms with Gasteiger partial charge in [0, 0.05) is 19.3 Å². The van der Waals surface area contributed by atoms with E-state index in [1.807, 2.05) is 0 Å². The van der Waals surface area contributed by atoms with E-state index in [4.69, 9.17) is 28.4 Å². The lowest BCUT2D eigenvalue weighted by Gasteiger charge is -2.32. The van der Waals surface area contributed by atoms with Gasteiger partial charge in [-0.3, -0.25) is 57.5 Å². The summed E-state index contributed by atoms with van der Waals surface area (Å²) in [5, 5.41) is 0. The minimum absolute atomic E-state index is 0.0677. The number of hydrogen-bond donors (Lipinski definition) is 0. The van der Waals surface area contributed by atoms with Crippen molar-refractivity contribution in [3.8, 4) is 0 Å². The molecule has 0 aromatic carbocycles. The molecule has 0 amide bonds. The summed E-state index contributed by atoms with van der Waals surface area (Å²) in [6.07, 6.45) is -5.80. The van der Waals surface area contributed by atoms with Crippen LogP contribution in [0.15, 0.2) is 0 Å². The molecule has 0 radical (unpaired) electrons. The molecule has 21 nitrogen and oxygen atoms in total. The summed E-state index contributed by atoms with van der Waals surface area (Å²) >= 11 is 0. The molecule has 0 rings (SSSR count). The average molecular weight is 861 g/mol. The SMILES string of the molecule is CCC(COC(=O)CCC(CC(=O)OC)(C(C)=O)C(=O)OC)(COC(=O)CCC(CC(=O)OC)(C(C)=O)C(=O)OC)COC(=O)CC(CCC(=O)OC)(C(C)=O)C(=O)OC. The molecule has 3 unspecified atom stereocenters. The lowest BCUT2D eigenvalue weighted by molar-refractivity contribution is -0.172. The van der Waals surface area contributed by atoms with Gasteiger partial charge in [0.25, 0.3) is 0 Å². The van der Waals surface area contributed by atoms with Crippen LogP contribution in [0, 0.1) is 21.7 Å². The molecule has 338 valence electrons. The van der Waals surface area contributed by atoms with Crippen molar-refractivity contribution in [1.29, 1.82) is 0 Å². The second-order valence-corrected chi connectivity index (χ2v) is 14.0. The van der Waals surface area contributed by atoms with Gasteiger partial charge in [0.1, 0.15) is 53.4 Å².